The number of aryl methyl sites for hydroxylation is 1. The Morgan fingerprint density at radius 3 is 3.00 bits per heavy atom. The van der Waals surface area contributed by atoms with Gasteiger partial charge < -0.3 is 10.3 Å². The van der Waals surface area contributed by atoms with Crippen LogP contribution in [-0.4, -0.2) is 26.0 Å². The molecular formula is C10H15N5O. The van der Waals surface area contributed by atoms with E-state index < -0.39 is 0 Å². The monoisotopic (exact) mass is 221 g/mol. The van der Waals surface area contributed by atoms with E-state index in [-0.39, 0.29) is 6.04 Å². The summed E-state index contributed by atoms with van der Waals surface area (Å²) in [4.78, 5) is 4.27. The SMILES string of the molecule is CCC(N)Cc1nc(-c2cnn(C)c2)no1. The van der Waals surface area contributed by atoms with Crippen molar-refractivity contribution in [1.82, 2.24) is 19.9 Å². The molecule has 86 valence electrons. The Morgan fingerprint density at radius 1 is 1.56 bits per heavy atom. The minimum absolute atomic E-state index is 0.0715. The maximum Gasteiger partial charge on any atom is 0.228 e. The lowest BCUT2D eigenvalue weighted by atomic mass is 10.2. The summed E-state index contributed by atoms with van der Waals surface area (Å²) in [6, 6.07) is 0.0715. The van der Waals surface area contributed by atoms with Crippen LogP contribution in [0, 0.1) is 0 Å². The van der Waals surface area contributed by atoms with Crippen LogP contribution in [0.4, 0.5) is 0 Å². The van der Waals surface area contributed by atoms with Gasteiger partial charge in [0.1, 0.15) is 0 Å². The molecule has 0 saturated carbocycles. The van der Waals surface area contributed by atoms with Crippen LogP contribution in [0.3, 0.4) is 0 Å². The first-order valence-corrected chi connectivity index (χ1v) is 5.26. The van der Waals surface area contributed by atoms with Crippen molar-refractivity contribution < 1.29 is 4.52 Å². The fourth-order valence-electron chi connectivity index (χ4n) is 1.36. The number of nitrogens with zero attached hydrogens (tertiary/aromatic N) is 4. The van der Waals surface area contributed by atoms with Gasteiger partial charge in [0, 0.05) is 25.7 Å². The third kappa shape index (κ3) is 2.27. The van der Waals surface area contributed by atoms with Crippen LogP contribution in [0.5, 0.6) is 0 Å². The lowest BCUT2D eigenvalue weighted by Gasteiger charge is -2.02. The van der Waals surface area contributed by atoms with E-state index in [1.807, 2.05) is 20.2 Å². The first kappa shape index (κ1) is 10.8. The average molecular weight is 221 g/mol. The summed E-state index contributed by atoms with van der Waals surface area (Å²) in [6.45, 7) is 2.03. The van der Waals surface area contributed by atoms with Crippen molar-refractivity contribution in [3.63, 3.8) is 0 Å². The molecular weight excluding hydrogens is 206 g/mol. The van der Waals surface area contributed by atoms with Crippen molar-refractivity contribution in [2.75, 3.05) is 0 Å². The highest BCUT2D eigenvalue weighted by atomic mass is 16.5. The zero-order valence-electron chi connectivity index (χ0n) is 9.42. The third-order valence-corrected chi connectivity index (χ3v) is 2.39. The van der Waals surface area contributed by atoms with Gasteiger partial charge >= 0.3 is 0 Å². The van der Waals surface area contributed by atoms with Gasteiger partial charge in [-0.25, -0.2) is 0 Å². The van der Waals surface area contributed by atoms with Crippen LogP contribution in [-0.2, 0) is 13.5 Å². The minimum atomic E-state index is 0.0715. The molecule has 0 aliphatic rings. The molecule has 2 aromatic rings. The Kier molecular flexibility index (Phi) is 3.00. The lowest BCUT2D eigenvalue weighted by molar-refractivity contribution is 0.368. The maximum absolute atomic E-state index is 5.81. The molecule has 16 heavy (non-hydrogen) atoms. The number of rotatable bonds is 4. The third-order valence-electron chi connectivity index (χ3n) is 2.39. The molecule has 1 atom stereocenters. The van der Waals surface area contributed by atoms with Gasteiger partial charge in [-0.1, -0.05) is 12.1 Å². The van der Waals surface area contributed by atoms with Gasteiger partial charge in [0.25, 0.3) is 0 Å². The second-order valence-corrected chi connectivity index (χ2v) is 3.79. The highest BCUT2D eigenvalue weighted by molar-refractivity contribution is 5.50. The summed E-state index contributed by atoms with van der Waals surface area (Å²) >= 11 is 0. The molecule has 2 heterocycles. The van der Waals surface area contributed by atoms with Gasteiger partial charge in [-0.15, -0.1) is 0 Å². The predicted octanol–water partition coefficient (Wildman–Crippen LogP) is 0.750. The standard InChI is InChI=1S/C10H15N5O/c1-3-8(11)4-9-13-10(14-16-9)7-5-12-15(2)6-7/h5-6,8H,3-4,11H2,1-2H3. The predicted molar refractivity (Wildman–Crippen MR) is 58.5 cm³/mol. The Balaban J connectivity index is 2.13. The largest absolute Gasteiger partial charge is 0.339 e. The zero-order chi connectivity index (χ0) is 11.5. The van der Waals surface area contributed by atoms with Gasteiger partial charge in [0.05, 0.1) is 11.8 Å². The molecule has 6 heteroatoms. The molecule has 0 radical (unpaired) electrons. The van der Waals surface area contributed by atoms with Gasteiger partial charge in [-0.2, -0.15) is 10.1 Å². The Bertz CT molecular complexity index is 461. The first-order valence-electron chi connectivity index (χ1n) is 5.26. The molecule has 0 amide bonds. The van der Waals surface area contributed by atoms with Gasteiger partial charge in [0.15, 0.2) is 0 Å². The number of aromatic nitrogens is 4. The quantitative estimate of drug-likeness (QED) is 0.823. The summed E-state index contributed by atoms with van der Waals surface area (Å²) in [7, 11) is 1.84. The lowest BCUT2D eigenvalue weighted by Crippen LogP contribution is -2.21. The second-order valence-electron chi connectivity index (χ2n) is 3.79. The van der Waals surface area contributed by atoms with E-state index in [4.69, 9.17) is 10.3 Å². The van der Waals surface area contributed by atoms with Gasteiger partial charge in [-0.3, -0.25) is 4.68 Å². The molecule has 0 aliphatic heterocycles. The molecule has 2 aromatic heterocycles. The van der Waals surface area contributed by atoms with Crippen molar-refractivity contribution >= 4 is 0 Å². The molecule has 0 bridgehead atoms. The van der Waals surface area contributed by atoms with E-state index in [9.17, 15) is 0 Å². The number of hydrogen-bond acceptors (Lipinski definition) is 5. The summed E-state index contributed by atoms with van der Waals surface area (Å²) < 4.78 is 6.82. The summed E-state index contributed by atoms with van der Waals surface area (Å²) in [5, 5.41) is 7.94. The van der Waals surface area contributed by atoms with E-state index in [0.717, 1.165) is 12.0 Å². The molecule has 0 saturated heterocycles. The van der Waals surface area contributed by atoms with Crippen molar-refractivity contribution in [1.29, 1.82) is 0 Å². The first-order chi connectivity index (χ1) is 7.69. The molecule has 2 rings (SSSR count). The van der Waals surface area contributed by atoms with E-state index in [1.54, 1.807) is 10.9 Å². The Labute approximate surface area is 93.4 Å². The van der Waals surface area contributed by atoms with Crippen LogP contribution < -0.4 is 5.73 Å². The highest BCUT2D eigenvalue weighted by Gasteiger charge is 2.12. The summed E-state index contributed by atoms with van der Waals surface area (Å²) in [6.07, 6.45) is 5.05. The van der Waals surface area contributed by atoms with Crippen LogP contribution in [0.1, 0.15) is 19.2 Å². The van der Waals surface area contributed by atoms with Crippen molar-refractivity contribution in [2.24, 2.45) is 12.8 Å². The number of nitrogens with two attached hydrogens (primary N) is 1. The average Bonchev–Trinajstić information content (AvgIpc) is 2.87. The molecule has 0 spiro atoms. The van der Waals surface area contributed by atoms with Crippen LogP contribution in [0.15, 0.2) is 16.9 Å². The maximum atomic E-state index is 5.81. The molecule has 0 fully saturated rings. The summed E-state index contributed by atoms with van der Waals surface area (Å²) in [5.41, 5.74) is 6.66. The highest BCUT2D eigenvalue weighted by Crippen LogP contribution is 2.14. The number of hydrogen-bond donors (Lipinski definition) is 1. The van der Waals surface area contributed by atoms with Crippen molar-refractivity contribution in [2.45, 2.75) is 25.8 Å². The van der Waals surface area contributed by atoms with Gasteiger partial charge in [-0.05, 0) is 6.42 Å². The molecule has 0 aliphatic carbocycles. The Morgan fingerprint density at radius 2 is 2.38 bits per heavy atom. The van der Waals surface area contributed by atoms with Crippen LogP contribution >= 0.6 is 0 Å². The van der Waals surface area contributed by atoms with E-state index in [2.05, 4.69) is 15.2 Å². The second kappa shape index (κ2) is 4.44. The molecule has 0 aromatic carbocycles. The normalized spacial score (nSPS) is 12.9. The van der Waals surface area contributed by atoms with Crippen molar-refractivity contribution in [3.05, 3.63) is 18.3 Å². The topological polar surface area (TPSA) is 82.8 Å². The fourth-order valence-corrected chi connectivity index (χ4v) is 1.36. The van der Waals surface area contributed by atoms with E-state index in [1.165, 1.54) is 0 Å². The van der Waals surface area contributed by atoms with Crippen molar-refractivity contribution in [3.8, 4) is 11.4 Å². The minimum Gasteiger partial charge on any atom is -0.339 e. The fraction of sp³-hybridized carbons (Fsp3) is 0.500. The van der Waals surface area contributed by atoms with Crippen LogP contribution in [0.25, 0.3) is 11.4 Å². The van der Waals surface area contributed by atoms with Gasteiger partial charge in [0.2, 0.25) is 11.7 Å². The molecule has 6 nitrogen and oxygen atoms in total. The molecule has 1 unspecified atom stereocenters. The Hall–Kier alpha value is -1.69. The zero-order valence-corrected chi connectivity index (χ0v) is 9.42. The summed E-state index contributed by atoms with van der Waals surface area (Å²) in [5.74, 6) is 1.14. The van der Waals surface area contributed by atoms with E-state index >= 15 is 0 Å². The molecule has 2 N–H and O–H groups in total. The van der Waals surface area contributed by atoms with E-state index in [0.29, 0.717) is 18.1 Å². The van der Waals surface area contributed by atoms with Crippen LogP contribution in [0.2, 0.25) is 0 Å². The smallest absolute Gasteiger partial charge is 0.228 e.